The van der Waals surface area contributed by atoms with Crippen molar-refractivity contribution in [3.05, 3.63) is 29.8 Å². The highest BCUT2D eigenvalue weighted by atomic mass is 16.5. The summed E-state index contributed by atoms with van der Waals surface area (Å²) in [6.07, 6.45) is 0. The van der Waals surface area contributed by atoms with E-state index in [2.05, 4.69) is 5.32 Å². The molecule has 0 saturated heterocycles. The van der Waals surface area contributed by atoms with Crippen LogP contribution >= 0.6 is 0 Å². The Labute approximate surface area is 107 Å². The van der Waals surface area contributed by atoms with E-state index < -0.39 is 0 Å². The third-order valence-corrected chi connectivity index (χ3v) is 2.61. The lowest BCUT2D eigenvalue weighted by atomic mass is 10.2. The zero-order chi connectivity index (χ0) is 13.4. The zero-order valence-corrected chi connectivity index (χ0v) is 10.8. The summed E-state index contributed by atoms with van der Waals surface area (Å²) in [7, 11) is 1.58. The molecular formula is C13H20N2O3. The molecule has 0 bridgehead atoms. The molecule has 0 radical (unpaired) electrons. The molecule has 0 heterocycles. The molecule has 0 atom stereocenters. The minimum atomic E-state index is -0.226. The topological polar surface area (TPSA) is 61.8 Å². The van der Waals surface area contributed by atoms with E-state index in [1.807, 2.05) is 31.2 Å². The number of carbonyl (C=O) groups excluding carboxylic acids is 1. The number of urea groups is 1. The van der Waals surface area contributed by atoms with Gasteiger partial charge in [0.05, 0.1) is 13.2 Å². The number of anilines is 1. The van der Waals surface area contributed by atoms with E-state index in [1.54, 1.807) is 7.11 Å². The highest BCUT2D eigenvalue weighted by molar-refractivity contribution is 5.90. The molecule has 5 heteroatoms. The van der Waals surface area contributed by atoms with Crippen molar-refractivity contribution in [1.82, 2.24) is 4.90 Å². The summed E-state index contributed by atoms with van der Waals surface area (Å²) in [4.78, 5) is 13.5. The summed E-state index contributed by atoms with van der Waals surface area (Å²) in [5.74, 6) is 0. The first kappa shape index (κ1) is 14.5. The van der Waals surface area contributed by atoms with Crippen molar-refractivity contribution < 1.29 is 14.6 Å². The fraction of sp³-hybridized carbons (Fsp3) is 0.462. The molecule has 2 amide bonds. The van der Waals surface area contributed by atoms with Crippen LogP contribution in [0.4, 0.5) is 10.5 Å². The SMILES string of the molecule is COCCN(CCO)C(=O)Nc1ccccc1C. The van der Waals surface area contributed by atoms with E-state index >= 15 is 0 Å². The van der Waals surface area contributed by atoms with Crippen molar-refractivity contribution in [2.45, 2.75) is 6.92 Å². The van der Waals surface area contributed by atoms with E-state index in [-0.39, 0.29) is 12.6 Å². The minimum absolute atomic E-state index is 0.0646. The van der Waals surface area contributed by atoms with E-state index in [0.29, 0.717) is 19.7 Å². The number of aliphatic hydroxyl groups is 1. The van der Waals surface area contributed by atoms with Gasteiger partial charge in [-0.25, -0.2) is 4.79 Å². The van der Waals surface area contributed by atoms with Gasteiger partial charge in [0.15, 0.2) is 0 Å². The van der Waals surface area contributed by atoms with Gasteiger partial charge >= 0.3 is 6.03 Å². The second-order valence-corrected chi connectivity index (χ2v) is 3.95. The molecule has 0 fully saturated rings. The quantitative estimate of drug-likeness (QED) is 0.806. The molecule has 2 N–H and O–H groups in total. The Morgan fingerprint density at radius 3 is 2.72 bits per heavy atom. The average molecular weight is 252 g/mol. The molecule has 0 unspecified atom stereocenters. The fourth-order valence-electron chi connectivity index (χ4n) is 1.54. The number of hydrogen-bond acceptors (Lipinski definition) is 3. The second-order valence-electron chi connectivity index (χ2n) is 3.95. The summed E-state index contributed by atoms with van der Waals surface area (Å²) in [6.45, 7) is 3.06. The number of amides is 2. The van der Waals surface area contributed by atoms with Crippen LogP contribution in [0, 0.1) is 6.92 Å². The van der Waals surface area contributed by atoms with E-state index in [1.165, 1.54) is 4.90 Å². The standard InChI is InChI=1S/C13H20N2O3/c1-11-5-3-4-6-12(11)14-13(17)15(7-9-16)8-10-18-2/h3-6,16H,7-10H2,1-2H3,(H,14,17). The van der Waals surface area contributed by atoms with Gasteiger partial charge in [-0.3, -0.25) is 0 Å². The van der Waals surface area contributed by atoms with Gasteiger partial charge in [0, 0.05) is 25.9 Å². The van der Waals surface area contributed by atoms with Crippen molar-refractivity contribution >= 4 is 11.7 Å². The lowest BCUT2D eigenvalue weighted by Crippen LogP contribution is -2.39. The van der Waals surface area contributed by atoms with Crippen LogP contribution in [0.3, 0.4) is 0 Å². The maximum atomic E-state index is 12.0. The van der Waals surface area contributed by atoms with Crippen LogP contribution in [-0.4, -0.2) is 49.5 Å². The van der Waals surface area contributed by atoms with Crippen LogP contribution in [-0.2, 0) is 4.74 Å². The van der Waals surface area contributed by atoms with Crippen LogP contribution in [0.2, 0.25) is 0 Å². The van der Waals surface area contributed by atoms with Gasteiger partial charge in [0.1, 0.15) is 0 Å². The summed E-state index contributed by atoms with van der Waals surface area (Å²) in [6, 6.07) is 7.34. The number of hydrogen-bond donors (Lipinski definition) is 2. The van der Waals surface area contributed by atoms with Gasteiger partial charge in [-0.05, 0) is 18.6 Å². The normalized spacial score (nSPS) is 10.2. The molecule has 0 spiro atoms. The maximum Gasteiger partial charge on any atom is 0.322 e. The number of nitrogens with one attached hydrogen (secondary N) is 1. The van der Waals surface area contributed by atoms with Crippen LogP contribution < -0.4 is 5.32 Å². The molecule has 1 aromatic rings. The third kappa shape index (κ3) is 4.35. The Morgan fingerprint density at radius 1 is 1.39 bits per heavy atom. The number of rotatable bonds is 6. The molecule has 18 heavy (non-hydrogen) atoms. The number of carbonyl (C=O) groups is 1. The number of methoxy groups -OCH3 is 1. The number of benzene rings is 1. The van der Waals surface area contributed by atoms with Crippen LogP contribution in [0.25, 0.3) is 0 Å². The predicted octanol–water partition coefficient (Wildman–Crippen LogP) is 1.47. The predicted molar refractivity (Wildman–Crippen MR) is 70.7 cm³/mol. The summed E-state index contributed by atoms with van der Waals surface area (Å²) >= 11 is 0. The Balaban J connectivity index is 2.63. The van der Waals surface area contributed by atoms with Crippen molar-refractivity contribution in [3.8, 4) is 0 Å². The van der Waals surface area contributed by atoms with Crippen molar-refractivity contribution in [3.63, 3.8) is 0 Å². The van der Waals surface area contributed by atoms with Gasteiger partial charge in [0.2, 0.25) is 0 Å². The van der Waals surface area contributed by atoms with Gasteiger partial charge in [-0.1, -0.05) is 18.2 Å². The van der Waals surface area contributed by atoms with E-state index in [9.17, 15) is 4.79 Å². The van der Waals surface area contributed by atoms with Crippen LogP contribution in [0.15, 0.2) is 24.3 Å². The first-order chi connectivity index (χ1) is 8.69. The Morgan fingerprint density at radius 2 is 2.11 bits per heavy atom. The fourth-order valence-corrected chi connectivity index (χ4v) is 1.54. The molecule has 100 valence electrons. The number of nitrogens with zero attached hydrogens (tertiary/aromatic N) is 1. The first-order valence-corrected chi connectivity index (χ1v) is 5.90. The van der Waals surface area contributed by atoms with E-state index in [0.717, 1.165) is 11.3 Å². The Hall–Kier alpha value is -1.59. The zero-order valence-electron chi connectivity index (χ0n) is 10.8. The summed E-state index contributed by atoms with van der Waals surface area (Å²) < 4.78 is 4.94. The van der Waals surface area contributed by atoms with Gasteiger partial charge in [-0.15, -0.1) is 0 Å². The van der Waals surface area contributed by atoms with Crippen molar-refractivity contribution in [2.75, 3.05) is 38.7 Å². The monoisotopic (exact) mass is 252 g/mol. The first-order valence-electron chi connectivity index (χ1n) is 5.90. The molecule has 0 saturated carbocycles. The summed E-state index contributed by atoms with van der Waals surface area (Å²) in [5.41, 5.74) is 1.78. The van der Waals surface area contributed by atoms with Gasteiger partial charge in [0.25, 0.3) is 0 Å². The number of aliphatic hydroxyl groups excluding tert-OH is 1. The van der Waals surface area contributed by atoms with Gasteiger partial charge < -0.3 is 20.1 Å². The van der Waals surface area contributed by atoms with E-state index in [4.69, 9.17) is 9.84 Å². The van der Waals surface area contributed by atoms with Crippen LogP contribution in [0.5, 0.6) is 0 Å². The maximum absolute atomic E-state index is 12.0. The Kier molecular flexibility index (Phi) is 6.18. The van der Waals surface area contributed by atoms with Crippen molar-refractivity contribution in [1.29, 1.82) is 0 Å². The smallest absolute Gasteiger partial charge is 0.322 e. The molecular weight excluding hydrogens is 232 g/mol. The number of aryl methyl sites for hydroxylation is 1. The molecule has 1 aromatic carbocycles. The molecule has 5 nitrogen and oxygen atoms in total. The molecule has 1 rings (SSSR count). The van der Waals surface area contributed by atoms with Gasteiger partial charge in [-0.2, -0.15) is 0 Å². The lowest BCUT2D eigenvalue weighted by molar-refractivity contribution is 0.142. The largest absolute Gasteiger partial charge is 0.395 e. The molecule has 0 aliphatic rings. The lowest BCUT2D eigenvalue weighted by Gasteiger charge is -2.22. The average Bonchev–Trinajstić information content (AvgIpc) is 2.37. The summed E-state index contributed by atoms with van der Waals surface area (Å²) in [5, 5.41) is 11.8. The van der Waals surface area contributed by atoms with Crippen molar-refractivity contribution in [2.24, 2.45) is 0 Å². The highest BCUT2D eigenvalue weighted by Crippen LogP contribution is 2.13. The highest BCUT2D eigenvalue weighted by Gasteiger charge is 2.13. The third-order valence-electron chi connectivity index (χ3n) is 2.61. The van der Waals surface area contributed by atoms with Crippen LogP contribution in [0.1, 0.15) is 5.56 Å². The number of ether oxygens (including phenoxy) is 1. The molecule has 0 aromatic heterocycles. The molecule has 0 aliphatic carbocycles. The number of para-hydroxylation sites is 1. The second kappa shape index (κ2) is 7.68. The Bertz CT molecular complexity index is 382. The minimum Gasteiger partial charge on any atom is -0.395 e. The molecule has 0 aliphatic heterocycles.